The van der Waals surface area contributed by atoms with Crippen LogP contribution < -0.4 is 42.2 Å². The lowest BCUT2D eigenvalue weighted by molar-refractivity contribution is -0.583. The molecule has 1 N–H and O–H groups in total. The number of anilines is 2. The molecule has 2 atom stereocenters. The molecule has 3 aromatic heterocycles. The number of nitrogens with zero attached hydrogens (tertiary/aromatic N) is 5. The highest BCUT2D eigenvalue weighted by molar-refractivity contribution is 7.11. The molecule has 11 rings (SSSR count). The Morgan fingerprint density at radius 1 is 0.521 bits per heavy atom. The van der Waals surface area contributed by atoms with E-state index in [2.05, 4.69) is 182 Å². The van der Waals surface area contributed by atoms with Crippen LogP contribution in [0.15, 0.2) is 176 Å². The fourth-order valence-electron chi connectivity index (χ4n) is 9.06. The molecule has 8 heteroatoms. The van der Waals surface area contributed by atoms with E-state index in [1.165, 1.54) is 38.9 Å². The third kappa shape index (κ3) is 3.65. The van der Waals surface area contributed by atoms with Crippen LogP contribution >= 0.6 is 0 Å². The first-order valence-electron chi connectivity index (χ1n) is 16.7. The van der Waals surface area contributed by atoms with E-state index in [1.807, 2.05) is 36.4 Å². The first-order valence-corrected chi connectivity index (χ1v) is 16.7. The summed E-state index contributed by atoms with van der Waals surface area (Å²) < 4.78 is 12.6. The number of aryl methyl sites for hydroxylation is 2. The van der Waals surface area contributed by atoms with Gasteiger partial charge < -0.3 is 18.8 Å². The maximum absolute atomic E-state index is 3.95. The van der Waals surface area contributed by atoms with Crippen molar-refractivity contribution in [2.45, 2.75) is 0 Å². The van der Waals surface area contributed by atoms with E-state index in [0.29, 0.717) is 0 Å². The van der Waals surface area contributed by atoms with Crippen molar-refractivity contribution >= 4 is 62.9 Å². The molecule has 3 aliphatic rings. The van der Waals surface area contributed by atoms with E-state index in [1.54, 1.807) is 0 Å². The summed E-state index contributed by atoms with van der Waals surface area (Å²) in [6, 6.07) is 53.7. The van der Waals surface area contributed by atoms with E-state index < -0.39 is 12.7 Å². The second kappa shape index (κ2) is 10.8. The van der Waals surface area contributed by atoms with Crippen LogP contribution in [-0.4, -0.2) is 26.3 Å². The average molecular weight is 622 g/mol. The summed E-state index contributed by atoms with van der Waals surface area (Å²) in [5.74, 6) is 0. The van der Waals surface area contributed by atoms with Gasteiger partial charge in [-0.1, -0.05) is 139 Å². The molecule has 5 aromatic carbocycles. The average Bonchev–Trinajstić information content (AvgIpc) is 3.86. The third-order valence-electron chi connectivity index (χ3n) is 10.7. The summed E-state index contributed by atoms with van der Waals surface area (Å²) in [5, 5.41) is 5.17. The van der Waals surface area contributed by atoms with Crippen molar-refractivity contribution in [2.24, 2.45) is 14.1 Å². The van der Waals surface area contributed by atoms with Crippen LogP contribution in [0.2, 0.25) is 0 Å². The quantitative estimate of drug-likeness (QED) is 0.301. The van der Waals surface area contributed by atoms with Gasteiger partial charge in [0.25, 0.3) is 0 Å². The molecule has 8 aromatic rings. The fraction of sp³-hybridized carbons (Fsp3) is 0.0500. The predicted octanol–water partition coefficient (Wildman–Crippen LogP) is 3.12. The topological polar surface area (TPSA) is 34.6 Å². The third-order valence-corrected chi connectivity index (χ3v) is 10.7. The predicted molar refractivity (Wildman–Crippen MR) is 198 cm³/mol. The molecule has 6 heterocycles. The second-order valence-corrected chi connectivity index (χ2v) is 13.1. The summed E-state index contributed by atoms with van der Waals surface area (Å²) in [6.07, 6.45) is 5.73. The molecule has 6 nitrogen and oxygen atoms in total. The Morgan fingerprint density at radius 3 is 1.67 bits per heavy atom. The van der Waals surface area contributed by atoms with Gasteiger partial charge in [-0.05, 0) is 18.2 Å². The van der Waals surface area contributed by atoms with Crippen molar-refractivity contribution in [1.29, 1.82) is 0 Å². The van der Waals surface area contributed by atoms with Crippen molar-refractivity contribution < 1.29 is 8.96 Å². The second-order valence-electron chi connectivity index (χ2n) is 13.1. The largest absolute Gasteiger partial charge is 0.495 e. The van der Waals surface area contributed by atoms with Gasteiger partial charge in [0, 0.05) is 22.3 Å². The highest BCUT2D eigenvalue weighted by Crippen LogP contribution is 2.33. The van der Waals surface area contributed by atoms with Crippen LogP contribution in [0.1, 0.15) is 0 Å². The normalized spacial score (nSPS) is 18.4. The van der Waals surface area contributed by atoms with E-state index in [4.69, 9.17) is 0 Å². The van der Waals surface area contributed by atoms with Gasteiger partial charge in [0.2, 0.25) is 0 Å². The molecule has 232 valence electrons. The van der Waals surface area contributed by atoms with Gasteiger partial charge in [-0.15, -0.1) is 10.9 Å². The first-order chi connectivity index (χ1) is 23.7. The van der Waals surface area contributed by atoms with Crippen LogP contribution in [0, 0.1) is 0 Å². The van der Waals surface area contributed by atoms with E-state index in [9.17, 15) is 0 Å². The number of imidazole rings is 2. The lowest BCUT2D eigenvalue weighted by Crippen LogP contribution is -3.11. The molecule has 0 spiro atoms. The van der Waals surface area contributed by atoms with Crippen molar-refractivity contribution in [3.63, 3.8) is 0 Å². The Hall–Kier alpha value is -6.01. The Bertz CT molecular complexity index is 2370. The standard InChI is InChI=1S/C34H30B2N6.C6H6/c1-38-23-25-41-33(38)35(26-14-6-3-7-15-26)32-31(37-28-18-10-5-11-19-28)29-20-12-13-21-30(29)42(32)36(41,27-16-8-4-9-17-27)34-39(2)22-24-40(34)35;1-2-4-6-5-3-1/h3-25,37H,1-2H3;1-6H/t35-,36-;/m0./s1. The molecule has 0 fully saturated rings. The number of benzene rings is 5. The smallest absolute Gasteiger partial charge is 0.415 e. The molecular formula is C40H36B2N6. The van der Waals surface area contributed by atoms with Crippen molar-refractivity contribution in [3.8, 4) is 0 Å². The van der Waals surface area contributed by atoms with E-state index in [-0.39, 0.29) is 0 Å². The molecule has 0 aliphatic carbocycles. The minimum atomic E-state index is -1.68. The number of hydrogen-bond donors (Lipinski definition) is 1. The first kappa shape index (κ1) is 28.2. The van der Waals surface area contributed by atoms with Gasteiger partial charge >= 0.3 is 12.7 Å². The molecule has 48 heavy (non-hydrogen) atoms. The minimum Gasteiger partial charge on any atom is -0.495 e. The Labute approximate surface area is 280 Å². The van der Waals surface area contributed by atoms with Crippen LogP contribution in [-0.2, 0) is 14.1 Å². The maximum atomic E-state index is 3.95. The summed E-state index contributed by atoms with van der Waals surface area (Å²) in [5.41, 5.74) is 9.91. The molecule has 0 unspecified atom stereocenters. The van der Waals surface area contributed by atoms with Crippen LogP contribution in [0.25, 0.3) is 10.9 Å². The molecule has 0 saturated heterocycles. The van der Waals surface area contributed by atoms with Gasteiger partial charge in [-0.2, -0.15) is 0 Å². The summed E-state index contributed by atoms with van der Waals surface area (Å²) >= 11 is 0. The molecule has 0 amide bonds. The lowest BCUT2D eigenvalue weighted by atomic mass is 9.19. The zero-order valence-corrected chi connectivity index (χ0v) is 27.1. The lowest BCUT2D eigenvalue weighted by Gasteiger charge is -2.58. The SMILES string of the molecule is Cn1cc[n+]2c1[B@-]1(c3ccccc3)n3c(c(Nc4ccccc4)c4ccccc43)[B@@-]2(c2ccccc2)c2n(C)cc[n+]21.c1ccccc1. The van der Waals surface area contributed by atoms with Crippen LogP contribution in [0.4, 0.5) is 11.4 Å². The zero-order chi connectivity index (χ0) is 32.3. The molecule has 2 bridgehead atoms. The van der Waals surface area contributed by atoms with Crippen LogP contribution in [0.3, 0.4) is 0 Å². The summed E-state index contributed by atoms with van der Waals surface area (Å²) in [6.45, 7) is 0. The van der Waals surface area contributed by atoms with E-state index >= 15 is 0 Å². The minimum absolute atomic E-state index is 1.08. The van der Waals surface area contributed by atoms with Crippen molar-refractivity contribution in [3.05, 3.63) is 176 Å². The van der Waals surface area contributed by atoms with Crippen LogP contribution in [0.5, 0.6) is 0 Å². The molecule has 0 radical (unpaired) electrons. The Kier molecular flexibility index (Phi) is 6.34. The van der Waals surface area contributed by atoms with Crippen molar-refractivity contribution in [2.75, 3.05) is 5.32 Å². The summed E-state index contributed by atoms with van der Waals surface area (Å²) in [7, 11) is 4.40. The monoisotopic (exact) mass is 622 g/mol. The number of rotatable bonds is 4. The Morgan fingerprint density at radius 2 is 1.02 bits per heavy atom. The molecule has 3 aliphatic heterocycles. The van der Waals surface area contributed by atoms with Gasteiger partial charge in [0.15, 0.2) is 0 Å². The maximum Gasteiger partial charge on any atom is 0.415 e. The van der Waals surface area contributed by atoms with Gasteiger partial charge in [0.1, 0.15) is 18.1 Å². The molecule has 0 saturated carbocycles. The molecular weight excluding hydrogens is 586 g/mol. The number of nitrogens with one attached hydrogen (secondary N) is 1. The van der Waals surface area contributed by atoms with Crippen molar-refractivity contribution in [1.82, 2.24) is 13.6 Å². The number of aromatic nitrogens is 5. The van der Waals surface area contributed by atoms with Gasteiger partial charge in [-0.25, -0.2) is 0 Å². The highest BCUT2D eigenvalue weighted by atomic mass is 15.3. The van der Waals surface area contributed by atoms with Gasteiger partial charge in [-0.3, -0.25) is 9.13 Å². The Balaban J connectivity index is 0.000000475. The highest BCUT2D eigenvalue weighted by Gasteiger charge is 2.66. The number of para-hydroxylation sites is 2. The fourth-order valence-corrected chi connectivity index (χ4v) is 9.06. The number of hydrogen-bond acceptors (Lipinski definition) is 1. The zero-order valence-electron chi connectivity index (χ0n) is 27.1. The summed E-state index contributed by atoms with van der Waals surface area (Å²) in [4.78, 5) is 0. The van der Waals surface area contributed by atoms with Gasteiger partial charge in [0.05, 0.1) is 32.2 Å². The number of fused-ring (bicyclic) bond motifs is 1. The van der Waals surface area contributed by atoms with E-state index in [0.717, 1.165) is 11.4 Å².